The van der Waals surface area contributed by atoms with Gasteiger partial charge in [0.2, 0.25) is 0 Å². The first kappa shape index (κ1) is 46.4. The molecular formula is C67H62N4OS. The summed E-state index contributed by atoms with van der Waals surface area (Å²) in [5.41, 5.74) is 16.6. The third-order valence-electron chi connectivity index (χ3n) is 14.9. The van der Waals surface area contributed by atoms with Crippen LogP contribution in [0.2, 0.25) is 0 Å². The topological polar surface area (TPSA) is 33.5 Å². The molecular weight excluding hydrogens is 909 g/mol. The summed E-state index contributed by atoms with van der Waals surface area (Å²) < 4.78 is 11.8. The quantitative estimate of drug-likeness (QED) is 0.159. The van der Waals surface area contributed by atoms with Crippen molar-refractivity contribution in [2.45, 2.75) is 85.5 Å². The van der Waals surface area contributed by atoms with Gasteiger partial charge in [0.25, 0.3) is 0 Å². The molecule has 0 fully saturated rings. The van der Waals surface area contributed by atoms with E-state index >= 15 is 0 Å². The fourth-order valence-corrected chi connectivity index (χ4v) is 11.8. The third kappa shape index (κ3) is 8.42. The monoisotopic (exact) mass is 970 g/mol. The highest BCUT2D eigenvalue weighted by atomic mass is 32.1. The van der Waals surface area contributed by atoms with E-state index in [-0.39, 0.29) is 16.2 Å². The summed E-state index contributed by atoms with van der Waals surface area (Å²) in [7, 11) is 0. The number of aryl methyl sites for hydroxylation is 1. The van der Waals surface area contributed by atoms with E-state index in [4.69, 9.17) is 9.72 Å². The van der Waals surface area contributed by atoms with Crippen LogP contribution in [0.15, 0.2) is 182 Å². The highest BCUT2D eigenvalue weighted by Crippen LogP contribution is 2.47. The Morgan fingerprint density at radius 1 is 0.452 bits per heavy atom. The SMILES string of the molecule is Cc1cc(-n2c3ccc(C(C)(C)C)cc3c3ccc(Oc4cccc(N5CN(c6cc(C(C)(C)C)cc(C(C)(C)C)c6)c6ccccc65)c4)cc32)ncc1-c1cccc(-c2ccc3c(c2)sc2ccccc23)c1. The molecule has 3 aromatic heterocycles. The Morgan fingerprint density at radius 3 is 1.84 bits per heavy atom. The van der Waals surface area contributed by atoms with Crippen LogP contribution in [0.25, 0.3) is 70.0 Å². The zero-order valence-electron chi connectivity index (χ0n) is 43.6. The highest BCUT2D eigenvalue weighted by molar-refractivity contribution is 7.25. The standard InChI is InChI=1S/C67H62N4OS/c1-42-31-64(68-40-57(42)45-18-15-17-43(32-45)44-25-28-55-54-21-11-14-24-62(54)73-63(55)33-44)71-58-30-26-46(65(2,3)4)37-56(58)53-29-27-52(39-61(53)71)72-51-20-16-19-49(38-51)69-41-70(60-23-13-12-22-59(60)69)50-35-47(66(5,6)7)34-48(36-50)67(8,9)10/h11-40H,41H2,1-10H3. The Kier molecular flexibility index (Phi) is 11.0. The fourth-order valence-electron chi connectivity index (χ4n) is 10.7. The van der Waals surface area contributed by atoms with Crippen LogP contribution in [0, 0.1) is 6.92 Å². The van der Waals surface area contributed by atoms with Crippen LogP contribution in [0.5, 0.6) is 11.5 Å². The summed E-state index contributed by atoms with van der Waals surface area (Å²) in [6, 6.07) is 64.5. The lowest BCUT2D eigenvalue weighted by Crippen LogP contribution is -2.25. The minimum absolute atomic E-state index is 0.00987. The Morgan fingerprint density at radius 2 is 1.10 bits per heavy atom. The molecule has 0 atom stereocenters. The van der Waals surface area contributed by atoms with Crippen LogP contribution in [0.4, 0.5) is 22.7 Å². The molecule has 0 spiro atoms. The molecule has 8 aromatic carbocycles. The van der Waals surface area contributed by atoms with Crippen molar-refractivity contribution in [2.24, 2.45) is 0 Å². The zero-order valence-corrected chi connectivity index (χ0v) is 44.4. The maximum atomic E-state index is 6.87. The summed E-state index contributed by atoms with van der Waals surface area (Å²) >= 11 is 1.86. The smallest absolute Gasteiger partial charge is 0.137 e. The number of thiophene rings is 1. The largest absolute Gasteiger partial charge is 0.457 e. The van der Waals surface area contributed by atoms with Crippen LogP contribution in [-0.2, 0) is 16.2 Å². The number of ether oxygens (including phenoxy) is 1. The van der Waals surface area contributed by atoms with Gasteiger partial charge in [-0.15, -0.1) is 11.3 Å². The van der Waals surface area contributed by atoms with Crippen molar-refractivity contribution >= 4 is 76.1 Å². The Bertz CT molecular complexity index is 3930. The molecule has 1 aliphatic heterocycles. The van der Waals surface area contributed by atoms with Gasteiger partial charge in [-0.3, -0.25) is 4.57 Å². The van der Waals surface area contributed by atoms with Gasteiger partial charge < -0.3 is 14.5 Å². The number of anilines is 4. The van der Waals surface area contributed by atoms with E-state index in [0.29, 0.717) is 6.67 Å². The van der Waals surface area contributed by atoms with Crippen LogP contribution >= 0.6 is 11.3 Å². The number of hydrogen-bond donors (Lipinski definition) is 0. The molecule has 4 heterocycles. The average molecular weight is 971 g/mol. The van der Waals surface area contributed by atoms with Gasteiger partial charge in [-0.25, -0.2) is 4.98 Å². The molecule has 1 aliphatic rings. The molecule has 6 heteroatoms. The Labute approximate surface area is 434 Å². The van der Waals surface area contributed by atoms with Crippen molar-refractivity contribution in [1.29, 1.82) is 0 Å². The highest BCUT2D eigenvalue weighted by Gasteiger charge is 2.31. The molecule has 73 heavy (non-hydrogen) atoms. The molecule has 0 saturated carbocycles. The summed E-state index contributed by atoms with van der Waals surface area (Å²) in [6.07, 6.45) is 2.05. The molecule has 362 valence electrons. The third-order valence-corrected chi connectivity index (χ3v) is 16.0. The number of pyridine rings is 1. The summed E-state index contributed by atoms with van der Waals surface area (Å²) in [6.45, 7) is 23.5. The van der Waals surface area contributed by atoms with Crippen LogP contribution < -0.4 is 14.5 Å². The van der Waals surface area contributed by atoms with Crippen LogP contribution in [0.3, 0.4) is 0 Å². The van der Waals surface area contributed by atoms with E-state index in [2.05, 4.69) is 266 Å². The van der Waals surface area contributed by atoms with Crippen molar-refractivity contribution in [1.82, 2.24) is 9.55 Å². The van der Waals surface area contributed by atoms with Crippen LogP contribution in [-0.4, -0.2) is 16.2 Å². The lowest BCUT2D eigenvalue weighted by Gasteiger charge is -2.29. The molecule has 0 saturated heterocycles. The lowest BCUT2D eigenvalue weighted by molar-refractivity contribution is 0.483. The van der Waals surface area contributed by atoms with Gasteiger partial charge in [-0.2, -0.15) is 0 Å². The predicted molar refractivity (Wildman–Crippen MR) is 312 cm³/mol. The Balaban J connectivity index is 0.885. The second-order valence-electron chi connectivity index (χ2n) is 23.1. The lowest BCUT2D eigenvalue weighted by atomic mass is 9.80. The molecule has 0 aliphatic carbocycles. The maximum Gasteiger partial charge on any atom is 0.137 e. The number of nitrogens with zero attached hydrogens (tertiary/aromatic N) is 4. The molecule has 12 rings (SSSR count). The van der Waals surface area contributed by atoms with Gasteiger partial charge >= 0.3 is 0 Å². The molecule has 0 bridgehead atoms. The second-order valence-corrected chi connectivity index (χ2v) is 24.2. The predicted octanol–water partition coefficient (Wildman–Crippen LogP) is 19.1. The molecule has 0 N–H and O–H groups in total. The van der Waals surface area contributed by atoms with Gasteiger partial charge in [0, 0.05) is 66.2 Å². The molecule has 0 unspecified atom stereocenters. The molecule has 0 amide bonds. The van der Waals surface area contributed by atoms with E-state index in [9.17, 15) is 0 Å². The minimum atomic E-state index is -0.00987. The summed E-state index contributed by atoms with van der Waals surface area (Å²) in [5, 5.41) is 4.99. The fraction of sp³-hybridized carbons (Fsp3) is 0.209. The number of hydrogen-bond acceptors (Lipinski definition) is 5. The maximum absolute atomic E-state index is 6.87. The molecule has 11 aromatic rings. The first-order valence-corrected chi connectivity index (χ1v) is 26.4. The number of rotatable bonds is 7. The van der Waals surface area contributed by atoms with Gasteiger partial charge in [-0.05, 0) is 147 Å². The van der Waals surface area contributed by atoms with Gasteiger partial charge in [0.15, 0.2) is 0 Å². The van der Waals surface area contributed by atoms with Crippen LogP contribution in [0.1, 0.15) is 84.6 Å². The van der Waals surface area contributed by atoms with Gasteiger partial charge in [-0.1, -0.05) is 141 Å². The number of para-hydroxylation sites is 2. The minimum Gasteiger partial charge on any atom is -0.457 e. The van der Waals surface area contributed by atoms with Crippen molar-refractivity contribution in [3.8, 4) is 39.6 Å². The van der Waals surface area contributed by atoms with E-state index in [1.807, 2.05) is 11.3 Å². The second kappa shape index (κ2) is 17.2. The number of fused-ring (bicyclic) bond motifs is 7. The molecule has 0 radical (unpaired) electrons. The average Bonchev–Trinajstić information content (AvgIpc) is 4.05. The normalized spacial score (nSPS) is 13.2. The van der Waals surface area contributed by atoms with E-state index in [1.165, 1.54) is 70.4 Å². The number of aromatic nitrogens is 2. The summed E-state index contributed by atoms with van der Waals surface area (Å²) in [5.74, 6) is 2.41. The van der Waals surface area contributed by atoms with Crippen molar-refractivity contribution in [3.63, 3.8) is 0 Å². The zero-order chi connectivity index (χ0) is 50.6. The van der Waals surface area contributed by atoms with E-state index in [1.54, 1.807) is 0 Å². The van der Waals surface area contributed by atoms with Crippen molar-refractivity contribution in [3.05, 3.63) is 204 Å². The first-order valence-electron chi connectivity index (χ1n) is 25.6. The van der Waals surface area contributed by atoms with Crippen molar-refractivity contribution < 1.29 is 4.74 Å². The van der Waals surface area contributed by atoms with Crippen molar-refractivity contribution in [2.75, 3.05) is 16.5 Å². The first-order chi connectivity index (χ1) is 34.9. The molecule has 5 nitrogen and oxygen atoms in total. The van der Waals surface area contributed by atoms with E-state index < -0.39 is 0 Å². The van der Waals surface area contributed by atoms with E-state index in [0.717, 1.165) is 56.1 Å². The Hall–Kier alpha value is -7.67. The van der Waals surface area contributed by atoms with Gasteiger partial charge in [0.1, 0.15) is 24.0 Å². The number of benzene rings is 8. The van der Waals surface area contributed by atoms with Gasteiger partial charge in [0.05, 0.1) is 22.4 Å². The summed E-state index contributed by atoms with van der Waals surface area (Å²) in [4.78, 5) is 10.1.